The maximum absolute atomic E-state index is 5.92. The summed E-state index contributed by atoms with van der Waals surface area (Å²) in [6.07, 6.45) is 12.7. The summed E-state index contributed by atoms with van der Waals surface area (Å²) >= 11 is 7.92. The molecule has 21 heavy (non-hydrogen) atoms. The number of halogens is 1. The molecule has 0 aliphatic heterocycles. The number of thioether (sulfide) groups is 1. The van der Waals surface area contributed by atoms with Crippen molar-refractivity contribution in [3.8, 4) is 0 Å². The molecule has 1 aromatic carbocycles. The minimum Gasteiger partial charge on any atom is -0.336 e. The molecule has 4 heteroatoms. The molecule has 1 atom stereocenters. The van der Waals surface area contributed by atoms with E-state index in [-0.39, 0.29) is 0 Å². The first kappa shape index (κ1) is 16.2. The molecule has 0 aliphatic rings. The summed E-state index contributed by atoms with van der Waals surface area (Å²) in [6.45, 7) is 3.19. The van der Waals surface area contributed by atoms with Crippen LogP contribution in [-0.4, -0.2) is 20.6 Å². The molecule has 0 bridgehead atoms. The van der Waals surface area contributed by atoms with Gasteiger partial charge in [-0.3, -0.25) is 0 Å². The molecule has 2 nitrogen and oxygen atoms in total. The van der Waals surface area contributed by atoms with E-state index in [4.69, 9.17) is 11.6 Å². The van der Waals surface area contributed by atoms with Crippen LogP contribution in [-0.2, 0) is 6.54 Å². The Morgan fingerprint density at radius 3 is 2.81 bits per heavy atom. The van der Waals surface area contributed by atoms with Gasteiger partial charge in [0.1, 0.15) is 0 Å². The van der Waals surface area contributed by atoms with Crippen molar-refractivity contribution in [1.29, 1.82) is 0 Å². The molecule has 0 aliphatic carbocycles. The lowest BCUT2D eigenvalue weighted by Crippen LogP contribution is -2.10. The Bertz CT molecular complexity index is 534. The van der Waals surface area contributed by atoms with E-state index in [2.05, 4.69) is 28.6 Å². The maximum atomic E-state index is 5.92. The van der Waals surface area contributed by atoms with E-state index in [0.29, 0.717) is 5.25 Å². The van der Waals surface area contributed by atoms with Crippen LogP contribution in [0.2, 0.25) is 5.02 Å². The predicted octanol–water partition coefficient (Wildman–Crippen LogP) is 5.15. The second kappa shape index (κ2) is 8.96. The van der Waals surface area contributed by atoms with Gasteiger partial charge in [0.15, 0.2) is 0 Å². The highest BCUT2D eigenvalue weighted by molar-refractivity contribution is 8.00. The highest BCUT2D eigenvalue weighted by Crippen LogP contribution is 2.19. The van der Waals surface area contributed by atoms with Crippen LogP contribution in [0.5, 0.6) is 0 Å². The number of hydrogen-bond donors (Lipinski definition) is 0. The van der Waals surface area contributed by atoms with Crippen molar-refractivity contribution in [3.63, 3.8) is 0 Å². The van der Waals surface area contributed by atoms with Gasteiger partial charge in [-0.25, -0.2) is 4.98 Å². The van der Waals surface area contributed by atoms with E-state index < -0.39 is 0 Å². The van der Waals surface area contributed by atoms with E-state index >= 15 is 0 Å². The smallest absolute Gasteiger partial charge is 0.0946 e. The van der Waals surface area contributed by atoms with E-state index in [9.17, 15) is 0 Å². The highest BCUT2D eigenvalue weighted by atomic mass is 35.5. The highest BCUT2D eigenvalue weighted by Gasteiger charge is 2.06. The Morgan fingerprint density at radius 1 is 1.33 bits per heavy atom. The van der Waals surface area contributed by atoms with E-state index in [1.54, 1.807) is 0 Å². The zero-order valence-electron chi connectivity index (χ0n) is 12.3. The van der Waals surface area contributed by atoms with Crippen molar-refractivity contribution >= 4 is 29.4 Å². The molecular weight excluding hydrogens is 300 g/mol. The van der Waals surface area contributed by atoms with Gasteiger partial charge in [-0.1, -0.05) is 49.2 Å². The lowest BCUT2D eigenvalue weighted by Gasteiger charge is -2.13. The third-order valence-corrected chi connectivity index (χ3v) is 4.66. The van der Waals surface area contributed by atoms with Crippen LogP contribution >= 0.6 is 23.4 Å². The molecule has 0 radical (unpaired) electrons. The van der Waals surface area contributed by atoms with Crippen molar-refractivity contribution in [2.75, 3.05) is 5.75 Å². The van der Waals surface area contributed by atoms with Gasteiger partial charge in [0.2, 0.25) is 0 Å². The summed E-state index contributed by atoms with van der Waals surface area (Å²) in [7, 11) is 0. The summed E-state index contributed by atoms with van der Waals surface area (Å²) in [5.41, 5.74) is 1.19. The van der Waals surface area contributed by atoms with Crippen LogP contribution in [0.25, 0.3) is 6.08 Å². The Balaban J connectivity index is 1.98. The fourth-order valence-corrected chi connectivity index (χ4v) is 3.29. The zero-order valence-corrected chi connectivity index (χ0v) is 13.9. The number of imidazole rings is 1. The van der Waals surface area contributed by atoms with Crippen LogP contribution in [0.4, 0.5) is 0 Å². The molecule has 2 aromatic rings. The van der Waals surface area contributed by atoms with Gasteiger partial charge in [-0.2, -0.15) is 11.8 Å². The van der Waals surface area contributed by atoms with Gasteiger partial charge in [0.05, 0.1) is 6.33 Å². The van der Waals surface area contributed by atoms with Crippen molar-refractivity contribution in [3.05, 3.63) is 59.6 Å². The number of benzene rings is 1. The van der Waals surface area contributed by atoms with Gasteiger partial charge in [-0.05, 0) is 29.9 Å². The largest absolute Gasteiger partial charge is 0.336 e. The monoisotopic (exact) mass is 320 g/mol. The van der Waals surface area contributed by atoms with Gasteiger partial charge >= 0.3 is 0 Å². The van der Waals surface area contributed by atoms with Crippen LogP contribution < -0.4 is 0 Å². The van der Waals surface area contributed by atoms with Gasteiger partial charge in [0.25, 0.3) is 0 Å². The predicted molar refractivity (Wildman–Crippen MR) is 93.9 cm³/mol. The molecule has 112 valence electrons. The summed E-state index contributed by atoms with van der Waals surface area (Å²) in [4.78, 5) is 4.11. The average molecular weight is 321 g/mol. The molecule has 0 N–H and O–H groups in total. The Kier molecular flexibility index (Phi) is 6.90. The van der Waals surface area contributed by atoms with E-state index in [1.807, 2.05) is 54.7 Å². The molecule has 0 saturated heterocycles. The van der Waals surface area contributed by atoms with Crippen LogP contribution in [0, 0.1) is 0 Å². The SMILES string of the molecule is CCCCSC(/C=C/c1ccc(Cl)cc1)Cn1ccnc1. The average Bonchev–Trinajstić information content (AvgIpc) is 2.99. The number of hydrogen-bond acceptors (Lipinski definition) is 2. The minimum atomic E-state index is 0.460. The van der Waals surface area contributed by atoms with Crippen molar-refractivity contribution in [1.82, 2.24) is 9.55 Å². The van der Waals surface area contributed by atoms with Crippen molar-refractivity contribution in [2.45, 2.75) is 31.6 Å². The Labute approximate surface area is 136 Å². The molecule has 1 aromatic heterocycles. The topological polar surface area (TPSA) is 17.8 Å². The normalized spacial score (nSPS) is 12.9. The van der Waals surface area contributed by atoms with Gasteiger partial charge in [-0.15, -0.1) is 0 Å². The van der Waals surface area contributed by atoms with Crippen molar-refractivity contribution in [2.24, 2.45) is 0 Å². The van der Waals surface area contributed by atoms with Crippen LogP contribution in [0.3, 0.4) is 0 Å². The summed E-state index contributed by atoms with van der Waals surface area (Å²) in [6, 6.07) is 7.94. The lowest BCUT2D eigenvalue weighted by atomic mass is 10.2. The second-order valence-corrected chi connectivity index (χ2v) is 6.72. The fourth-order valence-electron chi connectivity index (χ4n) is 1.94. The summed E-state index contributed by atoms with van der Waals surface area (Å²) in [5, 5.41) is 1.24. The number of rotatable bonds is 8. The van der Waals surface area contributed by atoms with Gasteiger partial charge in [0, 0.05) is 29.2 Å². The fraction of sp³-hybridized carbons (Fsp3) is 0.353. The number of nitrogens with zero attached hydrogens (tertiary/aromatic N) is 2. The molecule has 0 fully saturated rings. The first-order chi connectivity index (χ1) is 10.3. The first-order valence-electron chi connectivity index (χ1n) is 7.29. The summed E-state index contributed by atoms with van der Waals surface area (Å²) in [5.74, 6) is 1.20. The number of unbranched alkanes of at least 4 members (excludes halogenated alkanes) is 1. The zero-order chi connectivity index (χ0) is 14.9. The third-order valence-electron chi connectivity index (χ3n) is 3.15. The van der Waals surface area contributed by atoms with E-state index in [1.165, 1.54) is 24.2 Å². The molecule has 0 saturated carbocycles. The van der Waals surface area contributed by atoms with Gasteiger partial charge < -0.3 is 4.57 Å². The second-order valence-electron chi connectivity index (χ2n) is 4.93. The number of aromatic nitrogens is 2. The summed E-state index contributed by atoms with van der Waals surface area (Å²) < 4.78 is 2.13. The standard InChI is InChI=1S/C17H21ClN2S/c1-2-3-12-21-17(13-20-11-10-19-14-20)9-6-15-4-7-16(18)8-5-15/h4-11,14,17H,2-3,12-13H2,1H3/b9-6+. The van der Waals surface area contributed by atoms with E-state index in [0.717, 1.165) is 11.6 Å². The molecule has 1 heterocycles. The Morgan fingerprint density at radius 2 is 2.14 bits per heavy atom. The van der Waals surface area contributed by atoms with Crippen LogP contribution in [0.15, 0.2) is 49.1 Å². The molecule has 2 rings (SSSR count). The molecular formula is C17H21ClN2S. The van der Waals surface area contributed by atoms with Crippen LogP contribution in [0.1, 0.15) is 25.3 Å². The minimum absolute atomic E-state index is 0.460. The quantitative estimate of drug-likeness (QED) is 0.626. The van der Waals surface area contributed by atoms with Crippen molar-refractivity contribution < 1.29 is 0 Å². The molecule has 1 unspecified atom stereocenters. The maximum Gasteiger partial charge on any atom is 0.0946 e. The lowest BCUT2D eigenvalue weighted by molar-refractivity contribution is 0.719. The Hall–Kier alpha value is -1.19. The molecule has 0 spiro atoms. The first-order valence-corrected chi connectivity index (χ1v) is 8.71. The molecule has 0 amide bonds. The third kappa shape index (κ3) is 5.98.